The average molecular weight is 361 g/mol. The van der Waals surface area contributed by atoms with Crippen LogP contribution >= 0.6 is 22.6 Å². The number of rotatable bonds is 7. The van der Waals surface area contributed by atoms with E-state index in [0.29, 0.717) is 17.9 Å². The molecule has 0 fully saturated rings. The molecule has 1 rings (SSSR count). The molecule has 0 aliphatic carbocycles. The van der Waals surface area contributed by atoms with Crippen LogP contribution in [0.5, 0.6) is 0 Å². The first-order chi connectivity index (χ1) is 8.65. The van der Waals surface area contributed by atoms with E-state index >= 15 is 0 Å². The van der Waals surface area contributed by atoms with Gasteiger partial charge in [-0.05, 0) is 47.2 Å². The summed E-state index contributed by atoms with van der Waals surface area (Å²) in [6.07, 6.45) is 5.72. The third kappa shape index (κ3) is 5.25. The van der Waals surface area contributed by atoms with E-state index in [9.17, 15) is 4.79 Å². The molecule has 1 aromatic rings. The number of hydrogen-bond donors (Lipinski definition) is 1. The standard InChI is InChI=1S/C14H20INO2/c1-2-3-4-5-6-9-18-14(17)12-10-11(15)7-8-13(12)16/h7-8,10H,2-6,9,16H2,1H3. The molecule has 0 unspecified atom stereocenters. The van der Waals surface area contributed by atoms with Gasteiger partial charge >= 0.3 is 5.97 Å². The second-order valence-electron chi connectivity index (χ2n) is 4.28. The molecule has 100 valence electrons. The van der Waals surface area contributed by atoms with Crippen molar-refractivity contribution < 1.29 is 9.53 Å². The molecule has 0 heterocycles. The van der Waals surface area contributed by atoms with Crippen LogP contribution in [0, 0.1) is 3.57 Å². The maximum atomic E-state index is 11.8. The minimum atomic E-state index is -0.318. The van der Waals surface area contributed by atoms with Crippen LogP contribution in [-0.4, -0.2) is 12.6 Å². The summed E-state index contributed by atoms with van der Waals surface area (Å²) in [5.41, 5.74) is 6.70. The summed E-state index contributed by atoms with van der Waals surface area (Å²) in [6, 6.07) is 5.37. The fourth-order valence-corrected chi connectivity index (χ4v) is 2.14. The number of esters is 1. The lowest BCUT2D eigenvalue weighted by molar-refractivity contribution is 0.0499. The highest BCUT2D eigenvalue weighted by atomic mass is 127. The zero-order valence-electron chi connectivity index (χ0n) is 10.7. The number of hydrogen-bond acceptors (Lipinski definition) is 3. The molecule has 0 atom stereocenters. The van der Waals surface area contributed by atoms with Crippen LogP contribution in [0.2, 0.25) is 0 Å². The molecule has 0 saturated heterocycles. The van der Waals surface area contributed by atoms with Crippen LogP contribution < -0.4 is 5.73 Å². The van der Waals surface area contributed by atoms with Crippen molar-refractivity contribution in [2.45, 2.75) is 39.0 Å². The van der Waals surface area contributed by atoms with E-state index in [2.05, 4.69) is 29.5 Å². The zero-order valence-corrected chi connectivity index (χ0v) is 12.9. The van der Waals surface area contributed by atoms with Gasteiger partial charge in [-0.2, -0.15) is 0 Å². The monoisotopic (exact) mass is 361 g/mol. The normalized spacial score (nSPS) is 10.3. The molecule has 18 heavy (non-hydrogen) atoms. The Hall–Kier alpha value is -0.780. The van der Waals surface area contributed by atoms with Crippen LogP contribution in [0.15, 0.2) is 18.2 Å². The molecule has 2 N–H and O–H groups in total. The van der Waals surface area contributed by atoms with E-state index in [1.807, 2.05) is 6.07 Å². The molecule has 0 aliphatic heterocycles. The molecular formula is C14H20INO2. The predicted molar refractivity (Wildman–Crippen MR) is 82.6 cm³/mol. The number of benzene rings is 1. The van der Waals surface area contributed by atoms with Crippen LogP contribution in [0.3, 0.4) is 0 Å². The lowest BCUT2D eigenvalue weighted by atomic mass is 10.1. The molecule has 0 amide bonds. The number of anilines is 1. The fraction of sp³-hybridized carbons (Fsp3) is 0.500. The summed E-state index contributed by atoms with van der Waals surface area (Å²) in [5, 5.41) is 0. The molecule has 1 aromatic carbocycles. The Morgan fingerprint density at radius 1 is 1.28 bits per heavy atom. The SMILES string of the molecule is CCCCCCCOC(=O)c1cc(I)ccc1N. The third-order valence-corrected chi connectivity index (χ3v) is 3.39. The maximum absolute atomic E-state index is 11.8. The highest BCUT2D eigenvalue weighted by Gasteiger charge is 2.11. The average Bonchev–Trinajstić information content (AvgIpc) is 2.36. The first kappa shape index (κ1) is 15.3. The Labute approximate surface area is 122 Å². The van der Waals surface area contributed by atoms with Crippen molar-refractivity contribution in [1.29, 1.82) is 0 Å². The van der Waals surface area contributed by atoms with E-state index in [1.165, 1.54) is 19.3 Å². The molecule has 0 bridgehead atoms. The number of ether oxygens (including phenoxy) is 1. The van der Waals surface area contributed by atoms with Crippen molar-refractivity contribution in [2.75, 3.05) is 12.3 Å². The highest BCUT2D eigenvalue weighted by molar-refractivity contribution is 14.1. The molecule has 4 heteroatoms. The topological polar surface area (TPSA) is 52.3 Å². The van der Waals surface area contributed by atoms with E-state index in [4.69, 9.17) is 10.5 Å². The fourth-order valence-electron chi connectivity index (χ4n) is 1.65. The first-order valence-electron chi connectivity index (χ1n) is 6.37. The van der Waals surface area contributed by atoms with E-state index in [-0.39, 0.29) is 5.97 Å². The Morgan fingerprint density at radius 2 is 2.00 bits per heavy atom. The predicted octanol–water partition coefficient (Wildman–Crippen LogP) is 4.00. The molecule has 0 aromatic heterocycles. The van der Waals surface area contributed by atoms with Gasteiger partial charge in [0.2, 0.25) is 0 Å². The van der Waals surface area contributed by atoms with E-state index in [0.717, 1.165) is 16.4 Å². The summed E-state index contributed by atoms with van der Waals surface area (Å²) < 4.78 is 6.20. The van der Waals surface area contributed by atoms with Gasteiger partial charge < -0.3 is 10.5 Å². The minimum Gasteiger partial charge on any atom is -0.462 e. The van der Waals surface area contributed by atoms with Gasteiger partial charge in [-0.3, -0.25) is 0 Å². The van der Waals surface area contributed by atoms with Gasteiger partial charge in [-0.25, -0.2) is 4.79 Å². The largest absolute Gasteiger partial charge is 0.462 e. The molecular weight excluding hydrogens is 341 g/mol. The van der Waals surface area contributed by atoms with Crippen molar-refractivity contribution in [3.05, 3.63) is 27.3 Å². The summed E-state index contributed by atoms with van der Waals surface area (Å²) in [7, 11) is 0. The van der Waals surface area contributed by atoms with E-state index in [1.54, 1.807) is 12.1 Å². The number of carbonyl (C=O) groups excluding carboxylic acids is 1. The highest BCUT2D eigenvalue weighted by Crippen LogP contribution is 2.17. The van der Waals surface area contributed by atoms with Gasteiger partial charge in [-0.15, -0.1) is 0 Å². The second kappa shape index (κ2) is 8.34. The molecule has 0 spiro atoms. The Kier molecular flexibility index (Phi) is 7.08. The molecule has 0 radical (unpaired) electrons. The minimum absolute atomic E-state index is 0.318. The molecule has 3 nitrogen and oxygen atoms in total. The van der Waals surface area contributed by atoms with Gasteiger partial charge in [0.05, 0.1) is 12.2 Å². The Bertz CT molecular complexity index is 393. The lowest BCUT2D eigenvalue weighted by Crippen LogP contribution is -2.09. The van der Waals surface area contributed by atoms with Gasteiger partial charge in [0.25, 0.3) is 0 Å². The summed E-state index contributed by atoms with van der Waals surface area (Å²) in [5.74, 6) is -0.318. The summed E-state index contributed by atoms with van der Waals surface area (Å²) >= 11 is 2.15. The quantitative estimate of drug-likeness (QED) is 0.346. The van der Waals surface area contributed by atoms with Gasteiger partial charge in [-0.1, -0.05) is 32.6 Å². The van der Waals surface area contributed by atoms with Crippen LogP contribution in [0.1, 0.15) is 49.4 Å². The Balaban J connectivity index is 2.34. The number of halogens is 1. The van der Waals surface area contributed by atoms with Gasteiger partial charge in [0.1, 0.15) is 0 Å². The van der Waals surface area contributed by atoms with Crippen LogP contribution in [-0.2, 0) is 4.74 Å². The smallest absolute Gasteiger partial charge is 0.340 e. The van der Waals surface area contributed by atoms with Crippen molar-refractivity contribution in [3.8, 4) is 0 Å². The van der Waals surface area contributed by atoms with Crippen molar-refractivity contribution in [1.82, 2.24) is 0 Å². The van der Waals surface area contributed by atoms with Crippen LogP contribution in [0.4, 0.5) is 5.69 Å². The Morgan fingerprint density at radius 3 is 2.72 bits per heavy atom. The number of carbonyl (C=O) groups is 1. The number of nitrogen functional groups attached to an aromatic ring is 1. The third-order valence-electron chi connectivity index (χ3n) is 2.72. The van der Waals surface area contributed by atoms with Gasteiger partial charge in [0, 0.05) is 9.26 Å². The van der Waals surface area contributed by atoms with Crippen molar-refractivity contribution >= 4 is 34.2 Å². The van der Waals surface area contributed by atoms with Gasteiger partial charge in [0.15, 0.2) is 0 Å². The summed E-state index contributed by atoms with van der Waals surface area (Å²) in [4.78, 5) is 11.8. The second-order valence-corrected chi connectivity index (χ2v) is 5.53. The number of nitrogens with two attached hydrogens (primary N) is 1. The molecule has 0 aliphatic rings. The lowest BCUT2D eigenvalue weighted by Gasteiger charge is -2.07. The first-order valence-corrected chi connectivity index (χ1v) is 7.45. The maximum Gasteiger partial charge on any atom is 0.340 e. The van der Waals surface area contributed by atoms with Crippen molar-refractivity contribution in [3.63, 3.8) is 0 Å². The van der Waals surface area contributed by atoms with Crippen molar-refractivity contribution in [2.24, 2.45) is 0 Å². The summed E-state index contributed by atoms with van der Waals surface area (Å²) in [6.45, 7) is 2.66. The van der Waals surface area contributed by atoms with Crippen LogP contribution in [0.25, 0.3) is 0 Å². The zero-order chi connectivity index (χ0) is 13.4. The molecule has 0 saturated carbocycles. The van der Waals surface area contributed by atoms with E-state index < -0.39 is 0 Å². The number of unbranched alkanes of at least 4 members (excludes halogenated alkanes) is 4.